The Bertz CT molecular complexity index is 413. The molecule has 1 amide bonds. The zero-order valence-corrected chi connectivity index (χ0v) is 9.60. The second kappa shape index (κ2) is 5.44. The molecule has 94 valence electrons. The molecule has 0 fully saturated rings. The normalized spacial score (nSPS) is 12.5. The van der Waals surface area contributed by atoms with Gasteiger partial charge in [-0.1, -0.05) is 13.8 Å². The highest BCUT2D eigenvalue weighted by Gasteiger charge is 2.22. The number of aromatic carboxylic acids is 1. The first-order valence-corrected chi connectivity index (χ1v) is 5.15. The molecule has 0 aliphatic carbocycles. The van der Waals surface area contributed by atoms with Crippen LogP contribution in [0.25, 0.3) is 0 Å². The summed E-state index contributed by atoms with van der Waals surface area (Å²) in [6, 6.07) is -0.430. The molecule has 0 bridgehead atoms. The molecule has 0 aliphatic rings. The van der Waals surface area contributed by atoms with Crippen LogP contribution in [-0.2, 0) is 0 Å². The number of hydrogen-bond acceptors (Lipinski definition) is 4. The summed E-state index contributed by atoms with van der Waals surface area (Å²) in [4.78, 5) is 28.5. The van der Waals surface area contributed by atoms with E-state index >= 15 is 0 Å². The van der Waals surface area contributed by atoms with Gasteiger partial charge in [0.2, 0.25) is 0 Å². The van der Waals surface area contributed by atoms with Gasteiger partial charge in [0.05, 0.1) is 19.0 Å². The molecule has 1 heterocycles. The SMILES string of the molecule is CC(C)[C@@H](CO)NC(=O)c1nc[nH]c1C(=O)O. The van der Waals surface area contributed by atoms with Gasteiger partial charge in [-0.25, -0.2) is 9.78 Å². The van der Waals surface area contributed by atoms with Crippen molar-refractivity contribution in [3.8, 4) is 0 Å². The number of hydrogen-bond donors (Lipinski definition) is 4. The number of rotatable bonds is 5. The van der Waals surface area contributed by atoms with Crippen LogP contribution in [-0.4, -0.2) is 44.7 Å². The Labute approximate surface area is 97.9 Å². The molecule has 17 heavy (non-hydrogen) atoms. The summed E-state index contributed by atoms with van der Waals surface area (Å²) in [5, 5.41) is 20.4. The fourth-order valence-electron chi connectivity index (χ4n) is 1.29. The van der Waals surface area contributed by atoms with E-state index in [9.17, 15) is 9.59 Å². The summed E-state index contributed by atoms with van der Waals surface area (Å²) >= 11 is 0. The zero-order valence-electron chi connectivity index (χ0n) is 9.60. The summed E-state index contributed by atoms with van der Waals surface area (Å²) in [6.07, 6.45) is 1.14. The lowest BCUT2D eigenvalue weighted by atomic mass is 10.1. The number of nitrogens with zero attached hydrogens (tertiary/aromatic N) is 1. The predicted molar refractivity (Wildman–Crippen MR) is 58.7 cm³/mol. The van der Waals surface area contributed by atoms with Gasteiger partial charge in [-0.2, -0.15) is 0 Å². The highest BCUT2D eigenvalue weighted by atomic mass is 16.4. The van der Waals surface area contributed by atoms with E-state index in [1.54, 1.807) is 0 Å². The highest BCUT2D eigenvalue weighted by Crippen LogP contribution is 2.06. The van der Waals surface area contributed by atoms with Gasteiger partial charge in [0, 0.05) is 0 Å². The number of aromatic nitrogens is 2. The number of carboxylic acid groups (broad SMARTS) is 1. The van der Waals surface area contributed by atoms with Crippen molar-refractivity contribution in [2.45, 2.75) is 19.9 Å². The fourth-order valence-corrected chi connectivity index (χ4v) is 1.29. The molecule has 1 rings (SSSR count). The van der Waals surface area contributed by atoms with E-state index in [1.165, 1.54) is 0 Å². The quantitative estimate of drug-likeness (QED) is 0.572. The lowest BCUT2D eigenvalue weighted by Gasteiger charge is -2.19. The number of carboxylic acids is 1. The van der Waals surface area contributed by atoms with Crippen LogP contribution in [0.5, 0.6) is 0 Å². The minimum atomic E-state index is -1.25. The second-order valence-electron chi connectivity index (χ2n) is 3.94. The van der Waals surface area contributed by atoms with Gasteiger partial charge in [0.25, 0.3) is 5.91 Å². The van der Waals surface area contributed by atoms with E-state index < -0.39 is 17.9 Å². The number of H-pyrrole nitrogens is 1. The molecule has 1 aromatic heterocycles. The summed E-state index contributed by atoms with van der Waals surface area (Å²) in [6.45, 7) is 3.46. The lowest BCUT2D eigenvalue weighted by molar-refractivity contribution is 0.0683. The molecule has 1 atom stereocenters. The molecule has 1 aromatic rings. The fraction of sp³-hybridized carbons (Fsp3) is 0.500. The van der Waals surface area contributed by atoms with E-state index in [4.69, 9.17) is 10.2 Å². The van der Waals surface area contributed by atoms with Crippen molar-refractivity contribution in [1.29, 1.82) is 0 Å². The number of amides is 1. The van der Waals surface area contributed by atoms with Gasteiger partial charge >= 0.3 is 5.97 Å². The zero-order chi connectivity index (χ0) is 13.0. The van der Waals surface area contributed by atoms with Crippen LogP contribution in [0.2, 0.25) is 0 Å². The number of nitrogens with one attached hydrogen (secondary N) is 2. The summed E-state index contributed by atoms with van der Waals surface area (Å²) < 4.78 is 0. The smallest absolute Gasteiger partial charge is 0.354 e. The Morgan fingerprint density at radius 3 is 2.65 bits per heavy atom. The molecule has 0 aliphatic heterocycles. The first-order chi connectivity index (χ1) is 7.97. The largest absolute Gasteiger partial charge is 0.477 e. The van der Waals surface area contributed by atoms with Crippen molar-refractivity contribution in [3.05, 3.63) is 17.7 Å². The van der Waals surface area contributed by atoms with Crippen LogP contribution in [0, 0.1) is 5.92 Å². The van der Waals surface area contributed by atoms with E-state index in [0.717, 1.165) is 6.33 Å². The molecule has 0 radical (unpaired) electrons. The molecule has 0 aromatic carbocycles. The van der Waals surface area contributed by atoms with Gasteiger partial charge < -0.3 is 20.5 Å². The van der Waals surface area contributed by atoms with Gasteiger partial charge in [-0.15, -0.1) is 0 Å². The Hall–Kier alpha value is -1.89. The Morgan fingerprint density at radius 2 is 2.18 bits per heavy atom. The summed E-state index contributed by atoms with van der Waals surface area (Å²) in [5.41, 5.74) is -0.445. The summed E-state index contributed by atoms with van der Waals surface area (Å²) in [7, 11) is 0. The first kappa shape index (κ1) is 13.2. The van der Waals surface area contributed by atoms with Crippen LogP contribution in [0.15, 0.2) is 6.33 Å². The topological polar surface area (TPSA) is 115 Å². The third kappa shape index (κ3) is 3.04. The van der Waals surface area contributed by atoms with Crippen molar-refractivity contribution in [3.63, 3.8) is 0 Å². The molecule has 0 unspecified atom stereocenters. The maximum atomic E-state index is 11.7. The van der Waals surface area contributed by atoms with E-state index in [2.05, 4.69) is 15.3 Å². The third-order valence-electron chi connectivity index (χ3n) is 2.39. The van der Waals surface area contributed by atoms with Crippen LogP contribution >= 0.6 is 0 Å². The number of aliphatic hydroxyl groups is 1. The predicted octanol–water partition coefficient (Wildman–Crippen LogP) is -0.145. The number of carbonyl (C=O) groups excluding carboxylic acids is 1. The molecule has 7 heteroatoms. The van der Waals surface area contributed by atoms with Crippen LogP contribution in [0.1, 0.15) is 34.8 Å². The minimum Gasteiger partial charge on any atom is -0.477 e. The standard InChI is InChI=1S/C10H15N3O4/c1-5(2)6(3-14)13-9(15)7-8(10(16)17)12-4-11-7/h4-6,14H,3H2,1-2H3,(H,11,12)(H,13,15)(H,16,17)/t6-/m1/s1. The number of aliphatic hydroxyl groups excluding tert-OH is 1. The molecule has 0 saturated carbocycles. The summed E-state index contributed by atoms with van der Waals surface area (Å²) in [5.74, 6) is -1.83. The molecule has 0 saturated heterocycles. The van der Waals surface area contributed by atoms with Gasteiger partial charge in [0.15, 0.2) is 11.4 Å². The van der Waals surface area contributed by atoms with Crippen LogP contribution < -0.4 is 5.32 Å². The van der Waals surface area contributed by atoms with Gasteiger partial charge in [0.1, 0.15) is 0 Å². The van der Waals surface area contributed by atoms with E-state index in [-0.39, 0.29) is 23.9 Å². The molecular formula is C10H15N3O4. The van der Waals surface area contributed by atoms with E-state index in [0.29, 0.717) is 0 Å². The number of imidazole rings is 1. The highest BCUT2D eigenvalue weighted by molar-refractivity contribution is 6.02. The maximum absolute atomic E-state index is 11.7. The molecule has 4 N–H and O–H groups in total. The van der Waals surface area contributed by atoms with E-state index in [1.807, 2.05) is 13.8 Å². The second-order valence-corrected chi connectivity index (χ2v) is 3.94. The Morgan fingerprint density at radius 1 is 1.53 bits per heavy atom. The first-order valence-electron chi connectivity index (χ1n) is 5.15. The van der Waals surface area contributed by atoms with Crippen molar-refractivity contribution < 1.29 is 19.8 Å². The van der Waals surface area contributed by atoms with Gasteiger partial charge in [-0.3, -0.25) is 4.79 Å². The maximum Gasteiger partial charge on any atom is 0.354 e. The number of aromatic amines is 1. The average Bonchev–Trinajstić information content (AvgIpc) is 2.73. The third-order valence-corrected chi connectivity index (χ3v) is 2.39. The Balaban J connectivity index is 2.83. The average molecular weight is 241 g/mol. The molecule has 7 nitrogen and oxygen atoms in total. The number of carbonyl (C=O) groups is 2. The molecule has 0 spiro atoms. The molecular weight excluding hydrogens is 226 g/mol. The lowest BCUT2D eigenvalue weighted by Crippen LogP contribution is -2.41. The van der Waals surface area contributed by atoms with Crippen LogP contribution in [0.3, 0.4) is 0 Å². The minimum absolute atomic E-state index is 0.0381. The van der Waals surface area contributed by atoms with Crippen LogP contribution in [0.4, 0.5) is 0 Å². The Kier molecular flexibility index (Phi) is 4.22. The van der Waals surface area contributed by atoms with Crippen molar-refractivity contribution in [2.24, 2.45) is 5.92 Å². The van der Waals surface area contributed by atoms with Crippen molar-refractivity contribution in [2.75, 3.05) is 6.61 Å². The van der Waals surface area contributed by atoms with Gasteiger partial charge in [-0.05, 0) is 5.92 Å². The van der Waals surface area contributed by atoms with Crippen molar-refractivity contribution >= 4 is 11.9 Å². The monoisotopic (exact) mass is 241 g/mol. The van der Waals surface area contributed by atoms with Crippen molar-refractivity contribution in [1.82, 2.24) is 15.3 Å².